The molecule has 2 unspecified atom stereocenters. The Balaban J connectivity index is 5.24. The van der Waals surface area contributed by atoms with Crippen LogP contribution in [0.1, 0.15) is 401 Å². The molecule has 0 bridgehead atoms. The van der Waals surface area contributed by atoms with Crippen LogP contribution < -0.4 is 0 Å². The van der Waals surface area contributed by atoms with Crippen LogP contribution in [-0.2, 0) is 65.4 Å². The Morgan fingerprint density at radius 3 is 0.716 bits per heavy atom. The van der Waals surface area contributed by atoms with Gasteiger partial charge in [0.1, 0.15) is 19.3 Å². The van der Waals surface area contributed by atoms with E-state index in [9.17, 15) is 43.2 Å². The van der Waals surface area contributed by atoms with E-state index in [-0.39, 0.29) is 25.7 Å². The Kier molecular flexibility index (Phi) is 67.7. The molecule has 0 aliphatic carbocycles. The van der Waals surface area contributed by atoms with E-state index >= 15 is 0 Å². The van der Waals surface area contributed by atoms with Crippen molar-refractivity contribution in [2.75, 3.05) is 39.6 Å². The van der Waals surface area contributed by atoms with Crippen molar-refractivity contribution in [1.82, 2.24) is 0 Å². The summed E-state index contributed by atoms with van der Waals surface area (Å²) in [5, 5.41) is 10.6. The first kappa shape index (κ1) is 93.1. The number of aliphatic hydroxyl groups is 1. The fourth-order valence-corrected chi connectivity index (χ4v) is 13.3. The number of carbonyl (C=O) groups excluding carboxylic acids is 4. The SMILES string of the molecule is CCCCCCCCCCCCCCCCCCCCC(=O)O[C@H](COC(=O)CCCCCCCCCCCCCCCC)COP(=O)(O)OC[C@@H](O)COP(=O)(O)OC[C@@H](COC(=O)CCCCCCCCCC(C)C)OC(=O)CCCCCCCCCCCCCCC. The maximum absolute atomic E-state index is 13.1. The molecule has 19 heteroatoms. The van der Waals surface area contributed by atoms with Gasteiger partial charge in [0, 0.05) is 25.7 Å². The Morgan fingerprint density at radius 1 is 0.284 bits per heavy atom. The van der Waals surface area contributed by atoms with Crippen molar-refractivity contribution in [3.8, 4) is 0 Å². The number of hydrogen-bond acceptors (Lipinski definition) is 15. The lowest BCUT2D eigenvalue weighted by atomic mass is 10.0. The normalized spacial score (nSPS) is 13.9. The van der Waals surface area contributed by atoms with Gasteiger partial charge < -0.3 is 33.8 Å². The number of hydrogen-bond donors (Lipinski definition) is 3. The Labute approximate surface area is 581 Å². The predicted octanol–water partition coefficient (Wildman–Crippen LogP) is 22.5. The van der Waals surface area contributed by atoms with Gasteiger partial charge in [-0.3, -0.25) is 37.3 Å². The molecule has 0 aromatic carbocycles. The van der Waals surface area contributed by atoms with Crippen LogP contribution in [-0.4, -0.2) is 96.7 Å². The molecule has 3 N–H and O–H groups in total. The number of aliphatic hydroxyl groups excluding tert-OH is 1. The minimum absolute atomic E-state index is 0.107. The van der Waals surface area contributed by atoms with Crippen LogP contribution in [0.4, 0.5) is 0 Å². The van der Waals surface area contributed by atoms with E-state index in [4.69, 9.17) is 37.0 Å². The molecule has 5 atom stereocenters. The summed E-state index contributed by atoms with van der Waals surface area (Å²) in [6, 6.07) is 0. The third kappa shape index (κ3) is 70.3. The fourth-order valence-electron chi connectivity index (χ4n) is 11.7. The van der Waals surface area contributed by atoms with Gasteiger partial charge in [-0.15, -0.1) is 0 Å². The number of esters is 4. The lowest BCUT2D eigenvalue weighted by molar-refractivity contribution is -0.161. The van der Waals surface area contributed by atoms with Crippen molar-refractivity contribution < 1.29 is 80.2 Å². The molecule has 0 aliphatic heterocycles. The van der Waals surface area contributed by atoms with Gasteiger partial charge in [-0.05, 0) is 31.6 Å². The van der Waals surface area contributed by atoms with E-state index in [1.54, 1.807) is 0 Å². The number of unbranched alkanes of at least 4 members (excludes halogenated alkanes) is 48. The summed E-state index contributed by atoms with van der Waals surface area (Å²) in [4.78, 5) is 72.8. The predicted molar refractivity (Wildman–Crippen MR) is 386 cm³/mol. The summed E-state index contributed by atoms with van der Waals surface area (Å²) in [5.74, 6) is -1.41. The number of ether oxygens (including phenoxy) is 4. The average Bonchev–Trinajstić information content (AvgIpc) is 1.75. The van der Waals surface area contributed by atoms with E-state index in [1.807, 2.05) is 0 Å². The van der Waals surface area contributed by atoms with Crippen LogP contribution >= 0.6 is 15.6 Å². The van der Waals surface area contributed by atoms with Gasteiger partial charge in [0.15, 0.2) is 12.2 Å². The van der Waals surface area contributed by atoms with Gasteiger partial charge in [0.05, 0.1) is 26.4 Å². The Hall–Kier alpha value is -1.94. The zero-order chi connectivity index (χ0) is 69.8. The van der Waals surface area contributed by atoms with Gasteiger partial charge in [0.25, 0.3) is 0 Å². The molecule has 0 fully saturated rings. The first-order chi connectivity index (χ1) is 46.0. The highest BCUT2D eigenvalue weighted by molar-refractivity contribution is 7.47. The molecule has 0 amide bonds. The highest BCUT2D eigenvalue weighted by Crippen LogP contribution is 2.45. The molecule has 0 saturated carbocycles. The van der Waals surface area contributed by atoms with Crippen LogP contribution in [0.25, 0.3) is 0 Å². The van der Waals surface area contributed by atoms with Crippen molar-refractivity contribution in [3.63, 3.8) is 0 Å². The first-order valence-electron chi connectivity index (χ1n) is 39.6. The molecule has 0 aromatic heterocycles. The molecule has 0 aliphatic rings. The number of phosphoric ester groups is 2. The minimum Gasteiger partial charge on any atom is -0.462 e. The van der Waals surface area contributed by atoms with Gasteiger partial charge in [-0.1, -0.05) is 349 Å². The highest BCUT2D eigenvalue weighted by atomic mass is 31.2. The second kappa shape index (κ2) is 69.2. The van der Waals surface area contributed by atoms with Crippen LogP contribution in [0.5, 0.6) is 0 Å². The molecule has 0 radical (unpaired) electrons. The van der Waals surface area contributed by atoms with E-state index < -0.39 is 97.5 Å². The zero-order valence-electron chi connectivity index (χ0n) is 61.8. The van der Waals surface area contributed by atoms with Crippen molar-refractivity contribution in [3.05, 3.63) is 0 Å². The van der Waals surface area contributed by atoms with Crippen molar-refractivity contribution in [1.29, 1.82) is 0 Å². The summed E-state index contributed by atoms with van der Waals surface area (Å²) in [6.07, 6.45) is 58.2. The molecule has 0 rings (SSSR count). The van der Waals surface area contributed by atoms with Gasteiger partial charge >= 0.3 is 39.5 Å². The van der Waals surface area contributed by atoms with E-state index in [1.165, 1.54) is 218 Å². The Bertz CT molecular complexity index is 1820. The van der Waals surface area contributed by atoms with Crippen LogP contribution in [0, 0.1) is 5.92 Å². The molecule has 564 valence electrons. The summed E-state index contributed by atoms with van der Waals surface area (Å²) >= 11 is 0. The molecule has 0 heterocycles. The van der Waals surface area contributed by atoms with E-state index in [0.29, 0.717) is 31.6 Å². The van der Waals surface area contributed by atoms with Crippen LogP contribution in [0.2, 0.25) is 0 Å². The number of rotatable bonds is 76. The molecule has 0 aromatic rings. The molecular weight excluding hydrogens is 1250 g/mol. The lowest BCUT2D eigenvalue weighted by Crippen LogP contribution is -2.30. The van der Waals surface area contributed by atoms with Gasteiger partial charge in [-0.2, -0.15) is 0 Å². The topological polar surface area (TPSA) is 237 Å². The second-order valence-corrected chi connectivity index (χ2v) is 30.8. The third-order valence-corrected chi connectivity index (χ3v) is 19.7. The maximum atomic E-state index is 13.1. The summed E-state index contributed by atoms with van der Waals surface area (Å²) in [7, 11) is -9.91. The lowest BCUT2D eigenvalue weighted by Gasteiger charge is -2.21. The zero-order valence-corrected chi connectivity index (χ0v) is 63.6. The average molecular weight is 1400 g/mol. The smallest absolute Gasteiger partial charge is 0.462 e. The summed E-state index contributed by atoms with van der Waals surface area (Å²) < 4.78 is 68.5. The summed E-state index contributed by atoms with van der Waals surface area (Å²) in [6.45, 7) is 7.25. The largest absolute Gasteiger partial charge is 0.472 e. The third-order valence-electron chi connectivity index (χ3n) is 17.8. The van der Waals surface area contributed by atoms with E-state index in [2.05, 4.69) is 34.6 Å². The van der Waals surface area contributed by atoms with Crippen LogP contribution in [0.3, 0.4) is 0 Å². The highest BCUT2D eigenvalue weighted by Gasteiger charge is 2.30. The van der Waals surface area contributed by atoms with Gasteiger partial charge in [-0.25, -0.2) is 9.13 Å². The maximum Gasteiger partial charge on any atom is 0.472 e. The number of carbonyl (C=O) groups is 4. The van der Waals surface area contributed by atoms with Crippen molar-refractivity contribution in [2.45, 2.75) is 419 Å². The van der Waals surface area contributed by atoms with Crippen molar-refractivity contribution in [2.24, 2.45) is 5.92 Å². The van der Waals surface area contributed by atoms with Gasteiger partial charge in [0.2, 0.25) is 0 Å². The summed E-state index contributed by atoms with van der Waals surface area (Å²) in [5.41, 5.74) is 0. The van der Waals surface area contributed by atoms with Crippen LogP contribution in [0.15, 0.2) is 0 Å². The molecule has 17 nitrogen and oxygen atoms in total. The first-order valence-corrected chi connectivity index (χ1v) is 42.6. The van der Waals surface area contributed by atoms with E-state index in [0.717, 1.165) is 96.3 Å². The molecule has 0 saturated heterocycles. The Morgan fingerprint density at radius 2 is 0.484 bits per heavy atom. The monoisotopic (exact) mass is 1400 g/mol. The fraction of sp³-hybridized carbons (Fsp3) is 0.947. The van der Waals surface area contributed by atoms with Crippen molar-refractivity contribution >= 4 is 39.5 Å². The second-order valence-electron chi connectivity index (χ2n) is 27.9. The molecule has 95 heavy (non-hydrogen) atoms. The standard InChI is InChI=1S/C76H148O17P2/c1-6-9-12-15-18-21-24-27-29-30-31-32-35-38-41-46-52-57-62-76(81)92-71(65-86-73(78)59-54-49-44-39-36-34-28-25-22-19-16-13-10-7-2)67-90-94(82,83)88-63-70(77)64-89-95(84,85)91-68-72(66-87-74(79)60-55-50-47-42-43-48-53-58-69(4)5)93-75(80)61-56-51-45-40-37-33-26-23-20-17-14-11-8-3/h69-72,77H,6-68H2,1-5H3,(H,82,83)(H,84,85)/t70-,71-,72-/m1/s1. The quantitative estimate of drug-likeness (QED) is 0.0222. The minimum atomic E-state index is -4.96. The molecular formula is C76H148O17P2. The molecule has 0 spiro atoms. The number of phosphoric acid groups is 2.